The third-order valence-electron chi connectivity index (χ3n) is 4.20. The highest BCUT2D eigenvalue weighted by Crippen LogP contribution is 2.27. The van der Waals surface area contributed by atoms with Gasteiger partial charge in [0, 0.05) is 38.4 Å². The van der Waals surface area contributed by atoms with E-state index in [0.29, 0.717) is 18.0 Å². The third-order valence-corrected chi connectivity index (χ3v) is 6.10. The van der Waals surface area contributed by atoms with Crippen LogP contribution in [0.3, 0.4) is 0 Å². The summed E-state index contributed by atoms with van der Waals surface area (Å²) in [6.45, 7) is 6.81. The molecule has 110 valence electrons. The summed E-state index contributed by atoms with van der Waals surface area (Å²) in [6.07, 6.45) is 0.905. The lowest BCUT2D eigenvalue weighted by atomic mass is 10.2. The van der Waals surface area contributed by atoms with Crippen molar-refractivity contribution in [3.05, 3.63) is 23.8 Å². The van der Waals surface area contributed by atoms with Gasteiger partial charge in [-0.15, -0.1) is 0 Å². The van der Waals surface area contributed by atoms with E-state index in [1.807, 2.05) is 12.1 Å². The number of piperazine rings is 1. The normalized spacial score (nSPS) is 20.6. The molecule has 2 aliphatic rings. The molecule has 1 fully saturated rings. The molecule has 20 heavy (non-hydrogen) atoms. The van der Waals surface area contributed by atoms with Crippen molar-refractivity contribution < 1.29 is 8.42 Å². The van der Waals surface area contributed by atoms with Crippen LogP contribution in [0.1, 0.15) is 12.5 Å². The number of hydrogen-bond donors (Lipinski definition) is 1. The predicted molar refractivity (Wildman–Crippen MR) is 79.5 cm³/mol. The summed E-state index contributed by atoms with van der Waals surface area (Å²) in [4.78, 5) is 2.71. The Labute approximate surface area is 120 Å². The average Bonchev–Trinajstić information content (AvgIpc) is 2.94. The maximum Gasteiger partial charge on any atom is 0.243 e. The molecule has 2 aliphatic heterocycles. The topological polar surface area (TPSA) is 52.7 Å². The van der Waals surface area contributed by atoms with Crippen molar-refractivity contribution in [2.45, 2.75) is 18.2 Å². The summed E-state index contributed by atoms with van der Waals surface area (Å²) >= 11 is 0. The average molecular weight is 295 g/mol. The molecule has 1 N–H and O–H groups in total. The highest BCUT2D eigenvalue weighted by Gasteiger charge is 2.28. The number of fused-ring (bicyclic) bond motifs is 1. The third kappa shape index (κ3) is 2.43. The number of nitrogens with zero attached hydrogens (tertiary/aromatic N) is 2. The summed E-state index contributed by atoms with van der Waals surface area (Å²) in [5, 5.41) is 3.26. The Hall–Kier alpha value is -1.11. The first kappa shape index (κ1) is 13.9. The second-order valence-electron chi connectivity index (χ2n) is 5.33. The minimum absolute atomic E-state index is 0.435. The lowest BCUT2D eigenvalue weighted by molar-refractivity contribution is 0.196. The molecule has 0 aromatic heterocycles. The maximum atomic E-state index is 12.7. The molecule has 0 radical (unpaired) electrons. The van der Waals surface area contributed by atoms with Crippen molar-refractivity contribution in [2.75, 3.05) is 44.6 Å². The van der Waals surface area contributed by atoms with Crippen LogP contribution < -0.4 is 5.32 Å². The van der Waals surface area contributed by atoms with Crippen molar-refractivity contribution in [3.63, 3.8) is 0 Å². The van der Waals surface area contributed by atoms with Crippen LogP contribution in [0.25, 0.3) is 0 Å². The molecule has 5 nitrogen and oxygen atoms in total. The fourth-order valence-corrected chi connectivity index (χ4v) is 4.35. The van der Waals surface area contributed by atoms with Crippen LogP contribution in [-0.2, 0) is 16.4 Å². The summed E-state index contributed by atoms with van der Waals surface area (Å²) in [5.41, 5.74) is 2.18. The first-order valence-corrected chi connectivity index (χ1v) is 8.64. The van der Waals surface area contributed by atoms with E-state index in [9.17, 15) is 8.42 Å². The Balaban J connectivity index is 1.82. The number of anilines is 1. The standard InChI is InChI=1S/C14H21N3O2S/c1-2-16-7-9-17(10-8-16)20(18,19)13-3-4-14-12(11-13)5-6-15-14/h3-4,11,15H,2,5-10H2,1H3. The van der Waals surface area contributed by atoms with Crippen LogP contribution in [0.15, 0.2) is 23.1 Å². The molecule has 0 unspecified atom stereocenters. The molecule has 1 saturated heterocycles. The van der Waals surface area contributed by atoms with E-state index in [1.54, 1.807) is 10.4 Å². The minimum atomic E-state index is -3.34. The van der Waals surface area contributed by atoms with Gasteiger partial charge in [-0.2, -0.15) is 4.31 Å². The molecule has 6 heteroatoms. The first-order chi connectivity index (χ1) is 9.61. The van der Waals surface area contributed by atoms with Gasteiger partial charge in [0.05, 0.1) is 4.90 Å². The Morgan fingerprint density at radius 3 is 2.65 bits per heavy atom. The molecule has 3 rings (SSSR count). The lowest BCUT2D eigenvalue weighted by Gasteiger charge is -2.33. The molecule has 1 aromatic carbocycles. The smallest absolute Gasteiger partial charge is 0.243 e. The predicted octanol–water partition coefficient (Wildman–Crippen LogP) is 0.981. The van der Waals surface area contributed by atoms with Crippen molar-refractivity contribution in [2.24, 2.45) is 0 Å². The molecule has 0 bridgehead atoms. The van der Waals surface area contributed by atoms with Crippen LogP contribution in [0.4, 0.5) is 5.69 Å². The summed E-state index contributed by atoms with van der Waals surface area (Å²) < 4.78 is 27.0. The highest BCUT2D eigenvalue weighted by molar-refractivity contribution is 7.89. The quantitative estimate of drug-likeness (QED) is 0.903. The highest BCUT2D eigenvalue weighted by atomic mass is 32.2. The van der Waals surface area contributed by atoms with E-state index in [0.717, 1.165) is 43.9 Å². The van der Waals surface area contributed by atoms with E-state index in [4.69, 9.17) is 0 Å². The molecule has 0 spiro atoms. The van der Waals surface area contributed by atoms with E-state index < -0.39 is 10.0 Å². The summed E-state index contributed by atoms with van der Waals surface area (Å²) in [7, 11) is -3.34. The van der Waals surface area contributed by atoms with Crippen LogP contribution in [-0.4, -0.2) is 56.9 Å². The van der Waals surface area contributed by atoms with Crippen molar-refractivity contribution in [1.82, 2.24) is 9.21 Å². The number of sulfonamides is 1. The molecule has 0 atom stereocenters. The Morgan fingerprint density at radius 1 is 1.20 bits per heavy atom. The van der Waals surface area contributed by atoms with Crippen LogP contribution in [0.5, 0.6) is 0 Å². The molecular formula is C14H21N3O2S. The Morgan fingerprint density at radius 2 is 1.95 bits per heavy atom. The van der Waals surface area contributed by atoms with Gasteiger partial charge in [-0.05, 0) is 36.7 Å². The van der Waals surface area contributed by atoms with Gasteiger partial charge in [-0.25, -0.2) is 8.42 Å². The maximum absolute atomic E-state index is 12.7. The van der Waals surface area contributed by atoms with Gasteiger partial charge in [-0.1, -0.05) is 6.92 Å². The molecule has 1 aromatic rings. The zero-order valence-electron chi connectivity index (χ0n) is 11.8. The van der Waals surface area contributed by atoms with Gasteiger partial charge in [0.2, 0.25) is 10.0 Å². The van der Waals surface area contributed by atoms with Gasteiger partial charge in [0.15, 0.2) is 0 Å². The van der Waals surface area contributed by atoms with Gasteiger partial charge in [0.1, 0.15) is 0 Å². The van der Waals surface area contributed by atoms with E-state index in [1.165, 1.54) is 0 Å². The van der Waals surface area contributed by atoms with Crippen LogP contribution in [0, 0.1) is 0 Å². The zero-order chi connectivity index (χ0) is 14.2. The lowest BCUT2D eigenvalue weighted by Crippen LogP contribution is -2.48. The fraction of sp³-hybridized carbons (Fsp3) is 0.571. The van der Waals surface area contributed by atoms with Crippen molar-refractivity contribution in [3.8, 4) is 0 Å². The Bertz CT molecular complexity index is 592. The van der Waals surface area contributed by atoms with Crippen molar-refractivity contribution in [1.29, 1.82) is 0 Å². The molecule has 0 amide bonds. The van der Waals surface area contributed by atoms with Gasteiger partial charge >= 0.3 is 0 Å². The first-order valence-electron chi connectivity index (χ1n) is 7.20. The van der Waals surface area contributed by atoms with Crippen LogP contribution in [0.2, 0.25) is 0 Å². The zero-order valence-corrected chi connectivity index (χ0v) is 12.6. The summed E-state index contributed by atoms with van der Waals surface area (Å²) in [5.74, 6) is 0. The van der Waals surface area contributed by atoms with Gasteiger partial charge in [0.25, 0.3) is 0 Å². The second kappa shape index (κ2) is 5.35. The SMILES string of the molecule is CCN1CCN(S(=O)(=O)c2ccc3c(c2)CCN3)CC1. The van der Waals surface area contributed by atoms with E-state index in [-0.39, 0.29) is 0 Å². The fourth-order valence-electron chi connectivity index (χ4n) is 2.88. The summed E-state index contributed by atoms with van der Waals surface area (Å²) in [6, 6.07) is 5.44. The second-order valence-corrected chi connectivity index (χ2v) is 7.27. The number of benzene rings is 1. The molecular weight excluding hydrogens is 274 g/mol. The molecule has 0 saturated carbocycles. The van der Waals surface area contributed by atoms with Crippen molar-refractivity contribution >= 4 is 15.7 Å². The number of hydrogen-bond acceptors (Lipinski definition) is 4. The number of nitrogens with one attached hydrogen (secondary N) is 1. The molecule has 2 heterocycles. The van der Waals surface area contributed by atoms with Crippen LogP contribution >= 0.6 is 0 Å². The monoisotopic (exact) mass is 295 g/mol. The number of likely N-dealkylation sites (N-methyl/N-ethyl adjacent to an activating group) is 1. The largest absolute Gasteiger partial charge is 0.384 e. The Kier molecular flexibility index (Phi) is 3.70. The minimum Gasteiger partial charge on any atom is -0.384 e. The molecule has 0 aliphatic carbocycles. The van der Waals surface area contributed by atoms with E-state index >= 15 is 0 Å². The van der Waals surface area contributed by atoms with Gasteiger partial charge in [-0.3, -0.25) is 0 Å². The van der Waals surface area contributed by atoms with Gasteiger partial charge < -0.3 is 10.2 Å². The number of rotatable bonds is 3. The van der Waals surface area contributed by atoms with E-state index in [2.05, 4.69) is 17.1 Å².